The Balaban J connectivity index is 1.65. The van der Waals surface area contributed by atoms with Gasteiger partial charge in [0.05, 0.1) is 37.2 Å². The van der Waals surface area contributed by atoms with E-state index in [0.29, 0.717) is 5.56 Å². The molecular weight excluding hydrogens is 538 g/mol. The van der Waals surface area contributed by atoms with Gasteiger partial charge in [-0.1, -0.05) is 17.7 Å². The highest BCUT2D eigenvalue weighted by Crippen LogP contribution is 2.23. The van der Waals surface area contributed by atoms with Crippen LogP contribution in [0, 0.1) is 11.6 Å². The second kappa shape index (κ2) is 11.7. The van der Waals surface area contributed by atoms with Crippen LogP contribution in [0.3, 0.4) is 0 Å². The summed E-state index contributed by atoms with van der Waals surface area (Å²) in [4.78, 5) is 51.0. The first kappa shape index (κ1) is 27.9. The van der Waals surface area contributed by atoms with E-state index in [0.717, 1.165) is 21.3 Å². The monoisotopic (exact) mass is 560 g/mol. The quantitative estimate of drug-likeness (QED) is 0.322. The van der Waals surface area contributed by atoms with Crippen molar-refractivity contribution in [3.05, 3.63) is 97.3 Å². The highest BCUT2D eigenvalue weighted by Gasteiger charge is 2.22. The minimum Gasteiger partial charge on any atom is -0.487 e. The Kier molecular flexibility index (Phi) is 8.38. The fourth-order valence-corrected chi connectivity index (χ4v) is 4.24. The van der Waals surface area contributed by atoms with Crippen molar-refractivity contribution in [2.45, 2.75) is 19.6 Å². The number of ether oxygens (including phenoxy) is 1. The predicted octanol–water partition coefficient (Wildman–Crippen LogP) is 2.41. The fourth-order valence-electron chi connectivity index (χ4n) is 4.02. The molecule has 0 saturated heterocycles. The molecule has 0 aliphatic heterocycles. The Morgan fingerprint density at radius 2 is 1.77 bits per heavy atom. The summed E-state index contributed by atoms with van der Waals surface area (Å²) in [6, 6.07) is 9.01. The number of pyridine rings is 1. The number of hydrogen-bond donors (Lipinski definition) is 2. The van der Waals surface area contributed by atoms with E-state index in [4.69, 9.17) is 21.4 Å². The van der Waals surface area contributed by atoms with Crippen LogP contribution in [0.15, 0.2) is 58.3 Å². The molecule has 2 aromatic heterocycles. The van der Waals surface area contributed by atoms with Crippen LogP contribution in [0.4, 0.5) is 8.78 Å². The van der Waals surface area contributed by atoms with E-state index in [9.17, 15) is 28.0 Å². The van der Waals surface area contributed by atoms with Gasteiger partial charge in [0, 0.05) is 17.8 Å². The molecule has 0 aliphatic rings. The zero-order valence-electron chi connectivity index (χ0n) is 20.6. The molecule has 13 heteroatoms. The molecule has 39 heavy (non-hydrogen) atoms. The lowest BCUT2D eigenvalue weighted by Crippen LogP contribution is -2.36. The number of aliphatic hydroxyl groups excluding tert-OH is 1. The van der Waals surface area contributed by atoms with E-state index in [1.165, 1.54) is 42.1 Å². The zero-order chi connectivity index (χ0) is 28.3. The van der Waals surface area contributed by atoms with Gasteiger partial charge >= 0.3 is 5.69 Å². The van der Waals surface area contributed by atoms with Crippen LogP contribution in [0.1, 0.15) is 27.1 Å². The lowest BCUT2D eigenvalue weighted by atomic mass is 10.2. The van der Waals surface area contributed by atoms with Crippen LogP contribution in [0.25, 0.3) is 11.0 Å². The Hall–Kier alpha value is -4.13. The molecule has 4 rings (SSSR count). The molecule has 4 aromatic rings. The summed E-state index contributed by atoms with van der Waals surface area (Å²) >= 11 is 6.21. The molecule has 10 nitrogen and oxygen atoms in total. The van der Waals surface area contributed by atoms with Crippen LogP contribution in [0.5, 0.6) is 5.75 Å². The van der Waals surface area contributed by atoms with Crippen molar-refractivity contribution >= 4 is 34.4 Å². The van der Waals surface area contributed by atoms with Crippen molar-refractivity contribution in [3.63, 3.8) is 0 Å². The van der Waals surface area contributed by atoms with E-state index in [1.807, 2.05) is 0 Å². The minimum atomic E-state index is -0.861. The lowest BCUT2D eigenvalue weighted by Gasteiger charge is -2.12. The maximum absolute atomic E-state index is 13.9. The van der Waals surface area contributed by atoms with Crippen molar-refractivity contribution in [1.82, 2.24) is 19.0 Å². The second-order valence-electron chi connectivity index (χ2n) is 8.52. The van der Waals surface area contributed by atoms with E-state index in [2.05, 4.69) is 5.32 Å². The second-order valence-corrected chi connectivity index (χ2v) is 8.90. The molecular formula is C26H23ClF2N4O6. The van der Waals surface area contributed by atoms with E-state index < -0.39 is 41.3 Å². The molecule has 0 fully saturated rings. The molecule has 0 aliphatic carbocycles. The molecule has 204 valence electrons. The average molecular weight is 561 g/mol. The van der Waals surface area contributed by atoms with Gasteiger partial charge in [-0.3, -0.25) is 14.4 Å². The number of fused-ring (bicyclic) bond motifs is 1. The number of benzene rings is 2. The Morgan fingerprint density at radius 1 is 1.03 bits per heavy atom. The number of likely N-dealkylation sites (N-methyl/N-ethyl adjacent to an activating group) is 1. The fraction of sp³-hybridized carbons (Fsp3) is 0.231. The van der Waals surface area contributed by atoms with E-state index >= 15 is 0 Å². The number of hydrogen-bond acceptors (Lipinski definition) is 7. The third-order valence-electron chi connectivity index (χ3n) is 5.88. The van der Waals surface area contributed by atoms with Crippen LogP contribution in [-0.4, -0.2) is 50.8 Å². The van der Waals surface area contributed by atoms with Gasteiger partial charge in [0.1, 0.15) is 29.0 Å². The summed E-state index contributed by atoms with van der Waals surface area (Å²) in [5.41, 5.74) is -0.555. The van der Waals surface area contributed by atoms with Gasteiger partial charge in [-0.2, -0.15) is 0 Å². The molecule has 0 spiro atoms. The lowest BCUT2D eigenvalue weighted by molar-refractivity contribution is 0.0872. The third kappa shape index (κ3) is 5.67. The largest absolute Gasteiger partial charge is 0.487 e. The number of nitrogens with zero attached hydrogens (tertiary/aromatic N) is 3. The van der Waals surface area contributed by atoms with Crippen molar-refractivity contribution in [2.75, 3.05) is 20.2 Å². The number of carbonyl (C=O) groups excluding carboxylic acids is 2. The molecule has 2 heterocycles. The molecule has 0 saturated carbocycles. The molecule has 0 unspecified atom stereocenters. The maximum atomic E-state index is 13.9. The zero-order valence-corrected chi connectivity index (χ0v) is 21.4. The van der Waals surface area contributed by atoms with E-state index in [1.54, 1.807) is 6.07 Å². The summed E-state index contributed by atoms with van der Waals surface area (Å²) in [6.07, 6.45) is 1.10. The van der Waals surface area contributed by atoms with E-state index in [-0.39, 0.29) is 53.5 Å². The topological polar surface area (TPSA) is 125 Å². The van der Waals surface area contributed by atoms with Gasteiger partial charge in [0.2, 0.25) is 11.8 Å². The Bertz CT molecular complexity index is 1690. The van der Waals surface area contributed by atoms with Gasteiger partial charge < -0.3 is 19.7 Å². The first-order chi connectivity index (χ1) is 18.7. The molecule has 2 N–H and O–H groups in total. The Labute approximate surface area is 224 Å². The molecule has 0 amide bonds. The normalized spacial score (nSPS) is 11.2. The van der Waals surface area contributed by atoms with Crippen LogP contribution >= 0.6 is 11.6 Å². The molecule has 0 atom stereocenters. The standard InChI is InChI=1S/C26H23ClF2N4O6/c1-30-12-23(36)33-20-10-15(2-5-19(20)32(26(33)38)22(35)7-9-34)13-31-8-6-21(24(27)25(31)37)39-14-16-3-4-17(28)11-18(16)29/h2-6,8,10-11,30,34H,7,9,12-14H2,1H3. The molecule has 2 aromatic carbocycles. The van der Waals surface area contributed by atoms with Crippen molar-refractivity contribution in [1.29, 1.82) is 0 Å². The number of imidazole rings is 1. The van der Waals surface area contributed by atoms with Crippen molar-refractivity contribution < 1.29 is 28.2 Å². The summed E-state index contributed by atoms with van der Waals surface area (Å²) in [5.74, 6) is -2.79. The summed E-state index contributed by atoms with van der Waals surface area (Å²) in [6.45, 7) is -0.930. The summed E-state index contributed by atoms with van der Waals surface area (Å²) in [7, 11) is 1.53. The summed E-state index contributed by atoms with van der Waals surface area (Å²) in [5, 5.41) is 11.6. The Morgan fingerprint density at radius 3 is 2.46 bits per heavy atom. The first-order valence-electron chi connectivity index (χ1n) is 11.7. The SMILES string of the molecule is CNCC(=O)n1c(=O)n(C(=O)CCO)c2ccc(Cn3ccc(OCc4ccc(F)cc4F)c(Cl)c3=O)cc21. The van der Waals surface area contributed by atoms with Gasteiger partial charge in [0.25, 0.3) is 5.56 Å². The van der Waals surface area contributed by atoms with Crippen LogP contribution in [-0.2, 0) is 13.2 Å². The maximum Gasteiger partial charge on any atom is 0.342 e. The number of aromatic nitrogens is 3. The molecule has 0 bridgehead atoms. The van der Waals surface area contributed by atoms with Gasteiger partial charge in [0.15, 0.2) is 0 Å². The number of halogens is 3. The number of rotatable bonds is 9. The highest BCUT2D eigenvalue weighted by molar-refractivity contribution is 6.31. The van der Waals surface area contributed by atoms with Crippen molar-refractivity contribution in [3.8, 4) is 5.75 Å². The number of aliphatic hydroxyl groups is 1. The molecule has 0 radical (unpaired) electrons. The first-order valence-corrected chi connectivity index (χ1v) is 12.1. The van der Waals surface area contributed by atoms with Gasteiger partial charge in [-0.15, -0.1) is 0 Å². The average Bonchev–Trinajstić information content (AvgIpc) is 3.18. The van der Waals surface area contributed by atoms with Gasteiger partial charge in [-0.05, 0) is 42.9 Å². The number of carbonyl (C=O) groups is 2. The predicted molar refractivity (Wildman–Crippen MR) is 139 cm³/mol. The van der Waals surface area contributed by atoms with Crippen molar-refractivity contribution in [2.24, 2.45) is 0 Å². The summed E-state index contributed by atoms with van der Waals surface area (Å²) < 4.78 is 35.4. The minimum absolute atomic E-state index is 0.00284. The third-order valence-corrected chi connectivity index (χ3v) is 6.23. The number of nitrogens with one attached hydrogen (secondary N) is 1. The van der Waals surface area contributed by atoms with Crippen LogP contribution in [0.2, 0.25) is 5.02 Å². The van der Waals surface area contributed by atoms with Crippen LogP contribution < -0.4 is 21.3 Å². The van der Waals surface area contributed by atoms with Gasteiger partial charge in [-0.25, -0.2) is 22.7 Å². The highest BCUT2D eigenvalue weighted by atomic mass is 35.5. The smallest absolute Gasteiger partial charge is 0.342 e.